The summed E-state index contributed by atoms with van der Waals surface area (Å²) < 4.78 is 9.64. The third-order valence-electron chi connectivity index (χ3n) is 9.23. The van der Waals surface area contributed by atoms with E-state index in [1.54, 1.807) is 88.6 Å². The predicted octanol–water partition coefficient (Wildman–Crippen LogP) is 8.60. The molecule has 0 spiro atoms. The molecule has 4 rings (SSSR count). The van der Waals surface area contributed by atoms with Crippen LogP contribution in [0.25, 0.3) is 0 Å². The number of hydrogen-bond acceptors (Lipinski definition) is 10. The number of halogens is 5. The number of likely N-dealkylation sites (N-methyl/N-ethyl adjacent to an activating group) is 2. The number of esters is 2. The Morgan fingerprint density at radius 1 is 0.607 bits per heavy atom. The van der Waals surface area contributed by atoms with Crippen LogP contribution in [0.5, 0.6) is 0 Å². The highest BCUT2D eigenvalue weighted by atomic mass is 35.5. The van der Waals surface area contributed by atoms with Gasteiger partial charge in [0.1, 0.15) is 0 Å². The van der Waals surface area contributed by atoms with E-state index in [2.05, 4.69) is 23.8 Å². The van der Waals surface area contributed by atoms with Crippen molar-refractivity contribution < 1.29 is 49.1 Å². The molecule has 0 heterocycles. The van der Waals surface area contributed by atoms with Crippen LogP contribution in [0.3, 0.4) is 0 Å². The second-order valence-corrected chi connectivity index (χ2v) is 14.9. The molecule has 4 aromatic carbocycles. The van der Waals surface area contributed by atoms with E-state index in [1.807, 2.05) is 12.1 Å². The molecule has 0 aliphatic heterocycles. The number of benzene rings is 4. The number of carboxylic acid groups (broad SMARTS) is 2. The Morgan fingerprint density at radius 3 is 1.15 bits per heavy atom. The van der Waals surface area contributed by atoms with Crippen molar-refractivity contribution in [1.29, 1.82) is 0 Å². The lowest BCUT2D eigenvalue weighted by Crippen LogP contribution is -2.45. The molecular weight excluding hydrogens is 894 g/mol. The molecule has 0 saturated carbocycles. The molecule has 0 fully saturated rings. The number of aliphatic hydroxyl groups is 2. The second-order valence-electron chi connectivity index (χ2n) is 13.3. The number of carboxylic acids is 2. The number of ether oxygens (including phenoxy) is 2. The summed E-state index contributed by atoms with van der Waals surface area (Å²) in [7, 11) is 3.59. The standard InChI is InChI=1S/C20H18O8.2C12H15Cl2NO.ClH/c1-11-3-7-13(8-4-11)19(25)27-15(17(21)22)16(18(23)24)28-20(26)14-9-5-12(2)6-10-14;2*1-3-6-12(8-16,15-2)9-4-5-10(13)11(14)7-9;/h3-10,15-16H,1-2H3,(H,21,22)(H,23,24);2*3-5,7,15-16H,1,6,8H2,2H3;1H. The summed E-state index contributed by atoms with van der Waals surface area (Å²) in [6, 6.07) is 22.8. The van der Waals surface area contributed by atoms with Crippen LogP contribution in [0.1, 0.15) is 55.8 Å². The van der Waals surface area contributed by atoms with Crippen molar-refractivity contribution in [2.24, 2.45) is 0 Å². The van der Waals surface area contributed by atoms with E-state index < -0.39 is 47.2 Å². The summed E-state index contributed by atoms with van der Waals surface area (Å²) in [4.78, 5) is 47.3. The third kappa shape index (κ3) is 15.4. The predicted molar refractivity (Wildman–Crippen MR) is 241 cm³/mol. The summed E-state index contributed by atoms with van der Waals surface area (Å²) in [6.07, 6.45) is 0.293. The summed E-state index contributed by atoms with van der Waals surface area (Å²) in [5, 5.41) is 45.9. The quantitative estimate of drug-likeness (QED) is 0.0437. The van der Waals surface area contributed by atoms with Crippen LogP contribution in [-0.2, 0) is 30.1 Å². The van der Waals surface area contributed by atoms with Gasteiger partial charge in [-0.2, -0.15) is 0 Å². The minimum Gasteiger partial charge on any atom is -0.478 e. The van der Waals surface area contributed by atoms with Gasteiger partial charge in [-0.25, -0.2) is 19.2 Å². The first-order valence-electron chi connectivity index (χ1n) is 18.1. The van der Waals surface area contributed by atoms with Gasteiger partial charge in [0.2, 0.25) is 12.2 Å². The summed E-state index contributed by atoms with van der Waals surface area (Å²) in [6.45, 7) is 10.9. The molecule has 0 aliphatic carbocycles. The molecule has 12 nitrogen and oxygen atoms in total. The molecule has 17 heteroatoms. The summed E-state index contributed by atoms with van der Waals surface area (Å²) in [5.41, 5.74) is 2.49. The van der Waals surface area contributed by atoms with Crippen LogP contribution in [0.15, 0.2) is 110 Å². The Morgan fingerprint density at radius 2 is 0.918 bits per heavy atom. The van der Waals surface area contributed by atoms with Gasteiger partial charge in [-0.3, -0.25) is 0 Å². The number of aryl methyl sites for hydroxylation is 2. The van der Waals surface area contributed by atoms with Crippen molar-refractivity contribution in [3.63, 3.8) is 0 Å². The number of aliphatic hydroxyl groups excluding tert-OH is 2. The Bertz CT molecular complexity index is 1940. The van der Waals surface area contributed by atoms with Gasteiger partial charge in [-0.15, -0.1) is 25.6 Å². The molecule has 61 heavy (non-hydrogen) atoms. The zero-order valence-electron chi connectivity index (χ0n) is 33.8. The van der Waals surface area contributed by atoms with E-state index in [-0.39, 0.29) is 36.7 Å². The Hall–Kier alpha value is -4.47. The SMILES string of the molecule is C=CCC(CO)(NC)c1ccc(Cl)c(Cl)c1.C=CCC(CO)(NC)c1ccc(Cl)c(Cl)c1.Cc1ccc(C(=O)OC(C(=O)O)C(OC(=O)c2ccc(C)cc2)C(=O)O)cc1.Cl. The molecule has 4 unspecified atom stereocenters. The molecule has 330 valence electrons. The van der Waals surface area contributed by atoms with Crippen molar-refractivity contribution >= 4 is 82.7 Å². The first-order valence-corrected chi connectivity index (χ1v) is 19.6. The first kappa shape index (κ1) is 54.5. The lowest BCUT2D eigenvalue weighted by Gasteiger charge is -2.31. The Kier molecular flexibility index (Phi) is 23.3. The van der Waals surface area contributed by atoms with Crippen LogP contribution < -0.4 is 10.6 Å². The number of hydrogen-bond donors (Lipinski definition) is 6. The fraction of sp³-hybridized carbons (Fsp3) is 0.273. The number of nitrogens with one attached hydrogen (secondary N) is 2. The number of carbonyl (C=O) groups is 4. The normalized spacial score (nSPS) is 13.3. The molecule has 0 radical (unpaired) electrons. The molecule has 4 atom stereocenters. The van der Waals surface area contributed by atoms with Crippen LogP contribution in [-0.4, -0.2) is 83.8 Å². The van der Waals surface area contributed by atoms with Gasteiger partial charge in [0, 0.05) is 0 Å². The minimum absolute atomic E-state index is 0. The maximum atomic E-state index is 12.2. The number of rotatable bonds is 17. The largest absolute Gasteiger partial charge is 0.478 e. The monoisotopic (exact) mass is 940 g/mol. The van der Waals surface area contributed by atoms with Crippen molar-refractivity contribution in [3.05, 3.63) is 164 Å². The lowest BCUT2D eigenvalue weighted by atomic mass is 9.87. The Balaban J connectivity index is 0.000000485. The van der Waals surface area contributed by atoms with Crippen LogP contribution in [0.4, 0.5) is 0 Å². The van der Waals surface area contributed by atoms with Gasteiger partial charge in [0.05, 0.1) is 55.5 Å². The molecule has 0 aliphatic rings. The van der Waals surface area contributed by atoms with Gasteiger partial charge in [0.15, 0.2) is 0 Å². The second kappa shape index (κ2) is 26.1. The van der Waals surface area contributed by atoms with Gasteiger partial charge in [-0.1, -0.05) is 106 Å². The summed E-state index contributed by atoms with van der Waals surface area (Å²) in [5.74, 6) is -5.62. The molecule has 0 amide bonds. The average Bonchev–Trinajstić information content (AvgIpc) is 3.23. The van der Waals surface area contributed by atoms with Crippen molar-refractivity contribution in [1.82, 2.24) is 10.6 Å². The lowest BCUT2D eigenvalue weighted by molar-refractivity contribution is -0.166. The van der Waals surface area contributed by atoms with Crippen molar-refractivity contribution in [2.75, 3.05) is 27.3 Å². The van der Waals surface area contributed by atoms with Gasteiger partial charge < -0.3 is 40.5 Å². The van der Waals surface area contributed by atoms with Crippen LogP contribution in [0, 0.1) is 13.8 Å². The first-order chi connectivity index (χ1) is 28.4. The maximum absolute atomic E-state index is 12.2. The smallest absolute Gasteiger partial charge is 0.349 e. The Labute approximate surface area is 381 Å². The molecule has 0 saturated heterocycles. The molecule has 0 aromatic heterocycles. The molecular formula is C44H49Cl5N2O10. The fourth-order valence-corrected chi connectivity index (χ4v) is 6.10. The maximum Gasteiger partial charge on any atom is 0.349 e. The highest BCUT2D eigenvalue weighted by Gasteiger charge is 2.41. The average molecular weight is 943 g/mol. The zero-order valence-corrected chi connectivity index (χ0v) is 37.6. The van der Waals surface area contributed by atoms with E-state index in [9.17, 15) is 39.6 Å². The summed E-state index contributed by atoms with van der Waals surface area (Å²) >= 11 is 23.7. The molecule has 0 bridgehead atoms. The van der Waals surface area contributed by atoms with Gasteiger partial charge in [-0.05, 0) is 100 Å². The van der Waals surface area contributed by atoms with E-state index in [0.29, 0.717) is 32.9 Å². The van der Waals surface area contributed by atoms with E-state index in [0.717, 1.165) is 22.3 Å². The molecule has 6 N–H and O–H groups in total. The van der Waals surface area contributed by atoms with E-state index in [1.165, 1.54) is 24.3 Å². The van der Waals surface area contributed by atoms with Crippen molar-refractivity contribution in [3.8, 4) is 0 Å². The van der Waals surface area contributed by atoms with Gasteiger partial charge >= 0.3 is 23.9 Å². The number of aliphatic carboxylic acids is 2. The van der Waals surface area contributed by atoms with Crippen LogP contribution >= 0.6 is 58.8 Å². The van der Waals surface area contributed by atoms with Crippen molar-refractivity contribution in [2.45, 2.75) is 50.0 Å². The van der Waals surface area contributed by atoms with E-state index in [4.69, 9.17) is 55.9 Å². The fourth-order valence-electron chi connectivity index (χ4n) is 5.51. The van der Waals surface area contributed by atoms with Crippen LogP contribution in [0.2, 0.25) is 20.1 Å². The zero-order chi connectivity index (χ0) is 45.2. The van der Waals surface area contributed by atoms with E-state index >= 15 is 0 Å². The highest BCUT2D eigenvalue weighted by molar-refractivity contribution is 6.42. The number of carbonyl (C=O) groups excluding carboxylic acids is 2. The highest BCUT2D eigenvalue weighted by Crippen LogP contribution is 2.32. The molecule has 4 aromatic rings. The third-order valence-corrected chi connectivity index (χ3v) is 10.7. The van der Waals surface area contributed by atoms with Gasteiger partial charge in [0.25, 0.3) is 0 Å². The topological polar surface area (TPSA) is 192 Å². The minimum atomic E-state index is -2.22.